The predicted octanol–water partition coefficient (Wildman–Crippen LogP) is 1.37. The number of rotatable bonds is 7. The molecular weight excluding hydrogens is 298 g/mol. The molecule has 0 radical (unpaired) electrons. The van der Waals surface area contributed by atoms with Gasteiger partial charge in [-0.3, -0.25) is 5.01 Å². The molecule has 0 aromatic heterocycles. The van der Waals surface area contributed by atoms with E-state index in [1.807, 2.05) is 20.8 Å². The minimum atomic E-state index is -0.692. The number of phenolic OH excluding ortho intramolecular Hbond substituents is 1. The molecular formula is C16H27N3O4. The van der Waals surface area contributed by atoms with Crippen LogP contribution in [0.3, 0.4) is 0 Å². The maximum atomic E-state index is 11.4. The Labute approximate surface area is 136 Å². The molecule has 23 heavy (non-hydrogen) atoms. The Morgan fingerprint density at radius 1 is 1.39 bits per heavy atom. The van der Waals surface area contributed by atoms with Crippen molar-refractivity contribution in [3.05, 3.63) is 23.8 Å². The smallest absolute Gasteiger partial charge is 0.329 e. The monoisotopic (exact) mass is 325 g/mol. The van der Waals surface area contributed by atoms with Crippen LogP contribution in [0.1, 0.15) is 32.8 Å². The van der Waals surface area contributed by atoms with Crippen molar-refractivity contribution < 1.29 is 19.7 Å². The number of carbonyl (C=O) groups is 1. The van der Waals surface area contributed by atoms with Crippen LogP contribution >= 0.6 is 0 Å². The number of hydrogen-bond donors (Lipinski definition) is 4. The number of hydrazine groups is 1. The largest absolute Gasteiger partial charge is 0.504 e. The van der Waals surface area contributed by atoms with E-state index in [0.29, 0.717) is 25.2 Å². The summed E-state index contributed by atoms with van der Waals surface area (Å²) in [7, 11) is 0. The third-order valence-electron chi connectivity index (χ3n) is 3.60. The van der Waals surface area contributed by atoms with E-state index in [0.717, 1.165) is 10.6 Å². The van der Waals surface area contributed by atoms with Crippen molar-refractivity contribution in [3.63, 3.8) is 0 Å². The molecule has 1 unspecified atom stereocenters. The first-order valence-electron chi connectivity index (χ1n) is 7.55. The summed E-state index contributed by atoms with van der Waals surface area (Å²) in [6.45, 7) is 6.24. The molecule has 0 aliphatic heterocycles. The second-order valence-corrected chi connectivity index (χ2v) is 6.56. The van der Waals surface area contributed by atoms with Gasteiger partial charge in [0.2, 0.25) is 0 Å². The first-order valence-corrected chi connectivity index (χ1v) is 7.55. The predicted molar refractivity (Wildman–Crippen MR) is 87.9 cm³/mol. The van der Waals surface area contributed by atoms with E-state index in [1.54, 1.807) is 12.1 Å². The van der Waals surface area contributed by atoms with Crippen molar-refractivity contribution in [3.8, 4) is 11.5 Å². The van der Waals surface area contributed by atoms with E-state index in [-0.39, 0.29) is 23.8 Å². The van der Waals surface area contributed by atoms with Gasteiger partial charge < -0.3 is 20.7 Å². The third kappa shape index (κ3) is 5.61. The number of nitrogens with zero attached hydrogens (tertiary/aromatic N) is 1. The van der Waals surface area contributed by atoms with Gasteiger partial charge >= 0.3 is 6.03 Å². The molecule has 1 atom stereocenters. The number of ether oxygens (including phenoxy) is 1. The first kappa shape index (κ1) is 19.1. The van der Waals surface area contributed by atoms with Crippen LogP contribution in [0.25, 0.3) is 0 Å². The molecule has 1 aromatic rings. The van der Waals surface area contributed by atoms with Gasteiger partial charge in [0, 0.05) is 13.0 Å². The van der Waals surface area contributed by atoms with Gasteiger partial charge in [-0.15, -0.1) is 0 Å². The molecule has 0 heterocycles. The SMILES string of the molecule is CC(C)(C)C(Cc1ccc(O)c(OCCCO)c1)N(N)C(N)=O. The fourth-order valence-corrected chi connectivity index (χ4v) is 2.25. The van der Waals surface area contributed by atoms with Gasteiger partial charge in [-0.25, -0.2) is 10.6 Å². The summed E-state index contributed by atoms with van der Waals surface area (Å²) in [5, 5.41) is 19.7. The summed E-state index contributed by atoms with van der Waals surface area (Å²) >= 11 is 0. The van der Waals surface area contributed by atoms with Crippen LogP contribution < -0.4 is 16.3 Å². The number of aliphatic hydroxyl groups is 1. The number of nitrogens with two attached hydrogens (primary N) is 2. The Morgan fingerprint density at radius 2 is 2.04 bits per heavy atom. The average molecular weight is 325 g/mol. The summed E-state index contributed by atoms with van der Waals surface area (Å²) in [6, 6.07) is 3.99. The number of phenols is 1. The molecule has 0 spiro atoms. The second kappa shape index (κ2) is 8.03. The Kier molecular flexibility index (Phi) is 6.65. The van der Waals surface area contributed by atoms with Gasteiger partial charge in [0.15, 0.2) is 11.5 Å². The van der Waals surface area contributed by atoms with Crippen molar-refractivity contribution in [1.82, 2.24) is 5.01 Å². The molecule has 0 saturated heterocycles. The van der Waals surface area contributed by atoms with Crippen molar-refractivity contribution in [1.29, 1.82) is 0 Å². The van der Waals surface area contributed by atoms with Gasteiger partial charge in [-0.2, -0.15) is 0 Å². The number of benzene rings is 1. The second-order valence-electron chi connectivity index (χ2n) is 6.56. The maximum Gasteiger partial charge on any atom is 0.329 e. The maximum absolute atomic E-state index is 11.4. The van der Waals surface area contributed by atoms with Crippen molar-refractivity contribution in [2.24, 2.45) is 17.0 Å². The Balaban J connectivity index is 2.96. The first-order chi connectivity index (χ1) is 10.7. The van der Waals surface area contributed by atoms with Crippen molar-refractivity contribution >= 4 is 6.03 Å². The summed E-state index contributed by atoms with van der Waals surface area (Å²) < 4.78 is 5.45. The molecule has 1 aromatic carbocycles. The highest BCUT2D eigenvalue weighted by Crippen LogP contribution is 2.31. The quantitative estimate of drug-likeness (QED) is 0.261. The lowest BCUT2D eigenvalue weighted by Gasteiger charge is -2.36. The Morgan fingerprint density at radius 3 is 2.57 bits per heavy atom. The zero-order valence-corrected chi connectivity index (χ0v) is 14.0. The van der Waals surface area contributed by atoms with E-state index >= 15 is 0 Å². The minimum Gasteiger partial charge on any atom is -0.504 e. The number of amides is 2. The summed E-state index contributed by atoms with van der Waals surface area (Å²) in [5.74, 6) is 6.18. The molecule has 7 nitrogen and oxygen atoms in total. The molecule has 0 fully saturated rings. The molecule has 1 rings (SSSR count). The number of aliphatic hydroxyl groups excluding tert-OH is 1. The van der Waals surface area contributed by atoms with Crippen LogP contribution in [0.2, 0.25) is 0 Å². The van der Waals surface area contributed by atoms with Crippen LogP contribution in [0, 0.1) is 5.41 Å². The van der Waals surface area contributed by atoms with Crippen molar-refractivity contribution in [2.45, 2.75) is 39.7 Å². The van der Waals surface area contributed by atoms with E-state index in [1.165, 1.54) is 6.07 Å². The standard InChI is InChI=1S/C16H27N3O4/c1-16(2,3)14(19(18)15(17)22)10-11-5-6-12(21)13(9-11)23-8-4-7-20/h5-6,9,14,20-21H,4,7-8,10,18H2,1-3H3,(H2,17,22). The number of hydrogen-bond acceptors (Lipinski definition) is 5. The summed E-state index contributed by atoms with van der Waals surface area (Å²) in [6.07, 6.45) is 0.951. The molecule has 0 saturated carbocycles. The van der Waals surface area contributed by atoms with Crippen LogP contribution in [-0.4, -0.2) is 40.5 Å². The summed E-state index contributed by atoms with van der Waals surface area (Å²) in [5.41, 5.74) is 5.88. The van der Waals surface area contributed by atoms with E-state index in [2.05, 4.69) is 0 Å². The fourth-order valence-electron chi connectivity index (χ4n) is 2.25. The van der Waals surface area contributed by atoms with Gasteiger partial charge in [0.05, 0.1) is 12.6 Å². The molecule has 2 amide bonds. The molecule has 7 heteroatoms. The topological polar surface area (TPSA) is 122 Å². The van der Waals surface area contributed by atoms with E-state index in [9.17, 15) is 9.90 Å². The molecule has 0 bridgehead atoms. The molecule has 6 N–H and O–H groups in total. The van der Waals surface area contributed by atoms with Gasteiger partial charge in [0.1, 0.15) is 0 Å². The molecule has 0 aliphatic rings. The lowest BCUT2D eigenvalue weighted by Crippen LogP contribution is -2.54. The zero-order chi connectivity index (χ0) is 17.6. The molecule has 0 aliphatic carbocycles. The van der Waals surface area contributed by atoms with Crippen LogP contribution in [0.5, 0.6) is 11.5 Å². The summed E-state index contributed by atoms with van der Waals surface area (Å²) in [4.78, 5) is 11.4. The number of urea groups is 1. The van der Waals surface area contributed by atoms with E-state index in [4.69, 9.17) is 21.4 Å². The average Bonchev–Trinajstić information content (AvgIpc) is 2.45. The Hall–Kier alpha value is -1.99. The highest BCUT2D eigenvalue weighted by atomic mass is 16.5. The minimum absolute atomic E-state index is 0.0211. The van der Waals surface area contributed by atoms with E-state index < -0.39 is 6.03 Å². The highest BCUT2D eigenvalue weighted by molar-refractivity contribution is 5.71. The van der Waals surface area contributed by atoms with Crippen LogP contribution in [0.15, 0.2) is 18.2 Å². The Bertz CT molecular complexity index is 529. The number of primary amides is 1. The van der Waals surface area contributed by atoms with Gasteiger partial charge in [-0.1, -0.05) is 26.8 Å². The number of carbonyl (C=O) groups excluding carboxylic acids is 1. The lowest BCUT2D eigenvalue weighted by atomic mass is 9.82. The fraction of sp³-hybridized carbons (Fsp3) is 0.562. The van der Waals surface area contributed by atoms with Crippen LogP contribution in [0.4, 0.5) is 4.79 Å². The van der Waals surface area contributed by atoms with Gasteiger partial charge in [-0.05, 0) is 29.5 Å². The third-order valence-corrected chi connectivity index (χ3v) is 3.60. The van der Waals surface area contributed by atoms with Crippen LogP contribution in [-0.2, 0) is 6.42 Å². The van der Waals surface area contributed by atoms with Crippen molar-refractivity contribution in [2.75, 3.05) is 13.2 Å². The zero-order valence-electron chi connectivity index (χ0n) is 14.0. The number of aromatic hydroxyl groups is 1. The lowest BCUT2D eigenvalue weighted by molar-refractivity contribution is 0.122. The van der Waals surface area contributed by atoms with Gasteiger partial charge in [0.25, 0.3) is 0 Å². The normalized spacial score (nSPS) is 12.7. The highest BCUT2D eigenvalue weighted by Gasteiger charge is 2.31. The molecule has 130 valence electrons.